The van der Waals surface area contributed by atoms with Crippen molar-refractivity contribution < 1.29 is 80.2 Å². The number of aliphatic hydroxyl groups excluding tert-OH is 1. The van der Waals surface area contributed by atoms with Crippen LogP contribution in [0.15, 0.2) is 0 Å². The van der Waals surface area contributed by atoms with Gasteiger partial charge in [0.2, 0.25) is 0 Å². The highest BCUT2D eigenvalue weighted by Gasteiger charge is 2.30. The van der Waals surface area contributed by atoms with Gasteiger partial charge in [-0.25, -0.2) is 9.13 Å². The van der Waals surface area contributed by atoms with Crippen molar-refractivity contribution in [3.8, 4) is 0 Å². The van der Waals surface area contributed by atoms with E-state index in [0.29, 0.717) is 25.7 Å². The van der Waals surface area contributed by atoms with Crippen molar-refractivity contribution in [3.05, 3.63) is 0 Å². The second-order valence-electron chi connectivity index (χ2n) is 23.0. The van der Waals surface area contributed by atoms with Gasteiger partial charge in [0, 0.05) is 25.7 Å². The van der Waals surface area contributed by atoms with Gasteiger partial charge in [-0.05, 0) is 31.6 Å². The van der Waals surface area contributed by atoms with Crippen molar-refractivity contribution in [2.45, 2.75) is 335 Å². The van der Waals surface area contributed by atoms with E-state index in [1.54, 1.807) is 0 Å². The number of phosphoric ester groups is 2. The number of carbonyl (C=O) groups excluding carboxylic acids is 4. The van der Waals surface area contributed by atoms with Crippen molar-refractivity contribution in [3.63, 3.8) is 0 Å². The van der Waals surface area contributed by atoms with E-state index in [1.807, 2.05) is 0 Å². The van der Waals surface area contributed by atoms with Gasteiger partial charge in [0.05, 0.1) is 26.4 Å². The zero-order valence-corrected chi connectivity index (χ0v) is 54.4. The molecule has 0 aromatic carbocycles. The number of unbranched alkanes of at least 4 members (excludes halogenated alkanes) is 34. The maximum Gasteiger partial charge on any atom is 0.472 e. The SMILES string of the molecule is CCCCCCCCCCCCCCC(=O)OC[C@H](COP(=O)(O)OC[C@@H](O)COP(=O)(O)OC[C@@H](COC(=O)CCCCCCCCCC)OC(=O)CCCCCCCCCC)OC(=O)CCCCCCCCCCCCC(C)CC. The van der Waals surface area contributed by atoms with Gasteiger partial charge in [0.1, 0.15) is 19.3 Å². The second kappa shape index (κ2) is 56.8. The molecule has 0 radical (unpaired) electrons. The Morgan fingerprint density at radius 2 is 0.585 bits per heavy atom. The molecule has 82 heavy (non-hydrogen) atoms. The zero-order valence-electron chi connectivity index (χ0n) is 52.6. The smallest absolute Gasteiger partial charge is 0.462 e. The molecule has 0 fully saturated rings. The quantitative estimate of drug-likeness (QED) is 0.0222. The molecule has 0 spiro atoms. The fourth-order valence-electron chi connectivity index (χ4n) is 9.37. The molecule has 3 unspecified atom stereocenters. The Balaban J connectivity index is 5.21. The van der Waals surface area contributed by atoms with Gasteiger partial charge in [-0.3, -0.25) is 37.3 Å². The lowest BCUT2D eigenvalue weighted by Gasteiger charge is -2.21. The van der Waals surface area contributed by atoms with Crippen molar-refractivity contribution >= 4 is 39.5 Å². The Morgan fingerprint density at radius 3 is 0.866 bits per heavy atom. The third kappa shape index (κ3) is 55.9. The molecule has 0 aliphatic rings. The van der Waals surface area contributed by atoms with E-state index in [4.69, 9.17) is 37.0 Å². The number of carbonyl (C=O) groups is 4. The predicted molar refractivity (Wildman–Crippen MR) is 326 cm³/mol. The van der Waals surface area contributed by atoms with Crippen LogP contribution in [0.1, 0.15) is 317 Å². The monoisotopic (exact) mass is 1210 g/mol. The summed E-state index contributed by atoms with van der Waals surface area (Å²) in [4.78, 5) is 72.0. The average Bonchev–Trinajstić information content (AvgIpc) is 3.45. The Kier molecular flexibility index (Phi) is 55.5. The average molecular weight is 1210 g/mol. The highest BCUT2D eigenvalue weighted by molar-refractivity contribution is 7.47. The lowest BCUT2D eigenvalue weighted by Crippen LogP contribution is -2.30. The van der Waals surface area contributed by atoms with Crippen LogP contribution in [0.2, 0.25) is 0 Å². The molecule has 0 aromatic heterocycles. The molecule has 19 heteroatoms. The number of hydrogen-bond acceptors (Lipinski definition) is 15. The summed E-state index contributed by atoms with van der Waals surface area (Å²) < 4.78 is 67.9. The van der Waals surface area contributed by atoms with Crippen LogP contribution in [0, 0.1) is 5.92 Å². The normalized spacial score (nSPS) is 14.6. The molecule has 0 amide bonds. The lowest BCUT2D eigenvalue weighted by atomic mass is 9.99. The van der Waals surface area contributed by atoms with Crippen LogP contribution in [0.3, 0.4) is 0 Å². The van der Waals surface area contributed by atoms with Crippen LogP contribution in [0.25, 0.3) is 0 Å². The Bertz CT molecular complexity index is 1600. The first-order valence-electron chi connectivity index (χ1n) is 33.2. The van der Waals surface area contributed by atoms with Crippen molar-refractivity contribution in [1.29, 1.82) is 0 Å². The second-order valence-corrected chi connectivity index (χ2v) is 25.9. The number of esters is 4. The van der Waals surface area contributed by atoms with Crippen LogP contribution >= 0.6 is 15.6 Å². The largest absolute Gasteiger partial charge is 0.472 e. The highest BCUT2D eigenvalue weighted by atomic mass is 31.2. The number of ether oxygens (including phenoxy) is 4. The molecule has 0 aliphatic carbocycles. The summed E-state index contributed by atoms with van der Waals surface area (Å²) >= 11 is 0. The van der Waals surface area contributed by atoms with Gasteiger partial charge in [0.15, 0.2) is 12.2 Å². The molecule has 0 aliphatic heterocycles. The number of aliphatic hydroxyl groups is 1. The predicted octanol–water partition coefficient (Wildman–Crippen LogP) is 17.4. The highest BCUT2D eigenvalue weighted by Crippen LogP contribution is 2.45. The van der Waals surface area contributed by atoms with Crippen LogP contribution in [0.4, 0.5) is 0 Å². The van der Waals surface area contributed by atoms with Gasteiger partial charge in [-0.2, -0.15) is 0 Å². The van der Waals surface area contributed by atoms with Crippen LogP contribution in [0.5, 0.6) is 0 Å². The molecule has 486 valence electrons. The summed E-state index contributed by atoms with van der Waals surface area (Å²) in [7, 11) is -9.88. The Morgan fingerprint density at radius 1 is 0.341 bits per heavy atom. The summed E-state index contributed by atoms with van der Waals surface area (Å²) in [6, 6.07) is 0. The van der Waals surface area contributed by atoms with E-state index in [9.17, 15) is 43.2 Å². The summed E-state index contributed by atoms with van der Waals surface area (Å²) in [6.07, 6.45) is 40.3. The lowest BCUT2D eigenvalue weighted by molar-refractivity contribution is -0.161. The van der Waals surface area contributed by atoms with E-state index in [0.717, 1.165) is 109 Å². The Labute approximate surface area is 498 Å². The molecule has 0 aromatic rings. The van der Waals surface area contributed by atoms with Crippen molar-refractivity contribution in [2.24, 2.45) is 5.92 Å². The van der Waals surface area contributed by atoms with E-state index in [-0.39, 0.29) is 25.7 Å². The summed E-state index contributed by atoms with van der Waals surface area (Å²) in [6.45, 7) is 7.16. The Hall–Kier alpha value is -1.94. The van der Waals surface area contributed by atoms with E-state index in [1.165, 1.54) is 128 Å². The zero-order chi connectivity index (χ0) is 60.6. The van der Waals surface area contributed by atoms with Crippen LogP contribution < -0.4 is 0 Å². The van der Waals surface area contributed by atoms with Gasteiger partial charge in [0.25, 0.3) is 0 Å². The molecule has 6 atom stereocenters. The van der Waals surface area contributed by atoms with Crippen LogP contribution in [-0.2, 0) is 65.4 Å². The maximum absolute atomic E-state index is 13.0. The fourth-order valence-corrected chi connectivity index (χ4v) is 11.0. The van der Waals surface area contributed by atoms with E-state index >= 15 is 0 Å². The first kappa shape index (κ1) is 80.1. The minimum absolute atomic E-state index is 0.105. The van der Waals surface area contributed by atoms with Crippen molar-refractivity contribution in [1.82, 2.24) is 0 Å². The summed E-state index contributed by atoms with van der Waals surface area (Å²) in [5.41, 5.74) is 0. The van der Waals surface area contributed by atoms with Crippen LogP contribution in [-0.4, -0.2) is 96.7 Å². The molecule has 0 bridgehead atoms. The molecule has 0 saturated heterocycles. The van der Waals surface area contributed by atoms with Crippen molar-refractivity contribution in [2.75, 3.05) is 39.6 Å². The summed E-state index contributed by atoms with van der Waals surface area (Å²) in [5.74, 6) is -1.33. The van der Waals surface area contributed by atoms with E-state index < -0.39 is 97.5 Å². The number of rotatable bonds is 63. The fraction of sp³-hybridized carbons (Fsp3) is 0.937. The molecule has 3 N–H and O–H groups in total. The van der Waals surface area contributed by atoms with Gasteiger partial charge < -0.3 is 33.8 Å². The number of phosphoric acid groups is 2. The first-order chi connectivity index (χ1) is 39.6. The molecular formula is C63H122O17P2. The van der Waals surface area contributed by atoms with Gasteiger partial charge in [-0.1, -0.05) is 266 Å². The molecule has 17 nitrogen and oxygen atoms in total. The standard InChI is InChI=1S/C63H122O17P2/c1-6-10-13-16-19-22-23-24-28-33-37-42-47-61(66)74-53-59(80-63(68)49-44-39-34-29-26-25-27-30-35-40-45-56(5)9-4)55-78-82(71,72)76-51-57(64)50-75-81(69,70)77-54-58(79-62(67)48-43-38-32-21-18-15-12-8-3)52-73-60(65)46-41-36-31-20-17-14-11-7-2/h56-59,64H,6-55H2,1-5H3,(H,69,70)(H,71,72)/t56?,57-,58+,59+/m0/s1. The third-order valence-corrected chi connectivity index (χ3v) is 16.8. The molecule has 0 heterocycles. The minimum atomic E-state index is -4.94. The first-order valence-corrected chi connectivity index (χ1v) is 36.2. The topological polar surface area (TPSA) is 237 Å². The minimum Gasteiger partial charge on any atom is -0.462 e. The number of hydrogen-bond donors (Lipinski definition) is 3. The third-order valence-electron chi connectivity index (χ3n) is 14.9. The van der Waals surface area contributed by atoms with Gasteiger partial charge >= 0.3 is 39.5 Å². The summed E-state index contributed by atoms with van der Waals surface area (Å²) in [5, 5.41) is 10.5. The van der Waals surface area contributed by atoms with Gasteiger partial charge in [-0.15, -0.1) is 0 Å². The molecule has 0 saturated carbocycles. The maximum atomic E-state index is 13.0. The molecule has 0 rings (SSSR count). The molecular weight excluding hydrogens is 1090 g/mol. The van der Waals surface area contributed by atoms with E-state index in [2.05, 4.69) is 34.6 Å².